The van der Waals surface area contributed by atoms with E-state index in [4.69, 9.17) is 27.6 Å². The summed E-state index contributed by atoms with van der Waals surface area (Å²) >= 11 is 12.1. The highest BCUT2D eigenvalue weighted by atomic mass is 35.5. The van der Waals surface area contributed by atoms with Crippen molar-refractivity contribution in [3.05, 3.63) is 70.5 Å². The molecule has 2 aromatic heterocycles. The van der Waals surface area contributed by atoms with Crippen LogP contribution in [0.25, 0.3) is 22.6 Å². The number of halogens is 2. The van der Waals surface area contributed by atoms with Gasteiger partial charge in [0.15, 0.2) is 5.58 Å². The fourth-order valence-electron chi connectivity index (χ4n) is 2.38. The second-order valence-corrected chi connectivity index (χ2v) is 5.99. The second kappa shape index (κ2) is 5.72. The van der Waals surface area contributed by atoms with Crippen LogP contribution in [0.2, 0.25) is 10.0 Å². The Labute approximate surface area is 142 Å². The van der Waals surface area contributed by atoms with Crippen LogP contribution < -0.4 is 0 Å². The van der Waals surface area contributed by atoms with Crippen molar-refractivity contribution in [2.24, 2.45) is 0 Å². The number of fused-ring (bicyclic) bond motifs is 1. The number of rotatable bonds is 3. The molecule has 0 aliphatic rings. The van der Waals surface area contributed by atoms with Gasteiger partial charge in [0.25, 0.3) is 0 Å². The van der Waals surface area contributed by atoms with Gasteiger partial charge in [-0.25, -0.2) is 4.98 Å². The Morgan fingerprint density at radius 2 is 1.96 bits per heavy atom. The highest BCUT2D eigenvalue weighted by Gasteiger charge is 2.11. The smallest absolute Gasteiger partial charge is 0.230 e. The predicted octanol–water partition coefficient (Wildman–Crippen LogP) is 5.05. The molecule has 6 heteroatoms. The van der Waals surface area contributed by atoms with Gasteiger partial charge in [-0.1, -0.05) is 41.4 Å². The summed E-state index contributed by atoms with van der Waals surface area (Å²) in [5.41, 5.74) is 3.36. The fraction of sp³-hybridized carbons (Fsp3) is 0.0588. The molecule has 23 heavy (non-hydrogen) atoms. The summed E-state index contributed by atoms with van der Waals surface area (Å²) in [5, 5.41) is 5.59. The normalized spacial score (nSPS) is 11.2. The first kappa shape index (κ1) is 14.3. The molecule has 0 radical (unpaired) electrons. The summed E-state index contributed by atoms with van der Waals surface area (Å²) in [4.78, 5) is 4.47. The summed E-state index contributed by atoms with van der Waals surface area (Å²) < 4.78 is 7.54. The van der Waals surface area contributed by atoms with E-state index in [1.54, 1.807) is 16.9 Å². The zero-order chi connectivity index (χ0) is 15.8. The quantitative estimate of drug-likeness (QED) is 0.523. The van der Waals surface area contributed by atoms with Gasteiger partial charge in [0.1, 0.15) is 5.52 Å². The number of aromatic nitrogens is 3. The molecule has 4 aromatic rings. The second-order valence-electron chi connectivity index (χ2n) is 5.15. The molecular formula is C17H11Cl2N3O. The third-order valence-corrected chi connectivity index (χ3v) is 4.11. The maximum Gasteiger partial charge on any atom is 0.230 e. The average molecular weight is 344 g/mol. The van der Waals surface area contributed by atoms with Gasteiger partial charge in [-0.05, 0) is 29.8 Å². The lowest BCUT2D eigenvalue weighted by atomic mass is 10.2. The van der Waals surface area contributed by atoms with E-state index in [2.05, 4.69) is 10.1 Å². The van der Waals surface area contributed by atoms with Crippen molar-refractivity contribution < 1.29 is 4.42 Å². The van der Waals surface area contributed by atoms with Crippen LogP contribution in [0.5, 0.6) is 0 Å². The summed E-state index contributed by atoms with van der Waals surface area (Å²) in [6, 6.07) is 13.1. The zero-order valence-corrected chi connectivity index (χ0v) is 13.4. The maximum atomic E-state index is 6.20. The molecule has 0 amide bonds. The van der Waals surface area contributed by atoms with E-state index in [9.17, 15) is 0 Å². The lowest BCUT2D eigenvalue weighted by Gasteiger charge is -2.04. The Bertz CT molecular complexity index is 957. The van der Waals surface area contributed by atoms with Crippen LogP contribution >= 0.6 is 23.2 Å². The van der Waals surface area contributed by atoms with Crippen LogP contribution in [0.1, 0.15) is 5.56 Å². The first-order valence-electron chi connectivity index (χ1n) is 7.01. The molecule has 4 nitrogen and oxygen atoms in total. The molecule has 114 valence electrons. The molecule has 4 rings (SSSR count). The average Bonchev–Trinajstić information content (AvgIpc) is 3.16. The topological polar surface area (TPSA) is 43.9 Å². The van der Waals surface area contributed by atoms with Crippen molar-refractivity contribution >= 4 is 34.3 Å². The van der Waals surface area contributed by atoms with E-state index >= 15 is 0 Å². The Morgan fingerprint density at radius 3 is 2.78 bits per heavy atom. The summed E-state index contributed by atoms with van der Waals surface area (Å²) in [5.74, 6) is 0.555. The molecule has 0 aliphatic heterocycles. The Morgan fingerprint density at radius 1 is 1.09 bits per heavy atom. The van der Waals surface area contributed by atoms with Gasteiger partial charge in [-0.2, -0.15) is 5.10 Å². The molecule has 0 N–H and O–H groups in total. The van der Waals surface area contributed by atoms with Crippen LogP contribution in [-0.4, -0.2) is 14.8 Å². The van der Waals surface area contributed by atoms with Crippen LogP contribution in [0, 0.1) is 0 Å². The molecule has 0 atom stereocenters. The van der Waals surface area contributed by atoms with E-state index in [0.29, 0.717) is 22.5 Å². The van der Waals surface area contributed by atoms with E-state index in [1.807, 2.05) is 42.6 Å². The summed E-state index contributed by atoms with van der Waals surface area (Å²) in [6.07, 6.45) is 3.62. The van der Waals surface area contributed by atoms with Gasteiger partial charge in [-0.15, -0.1) is 0 Å². The number of para-hydroxylation sites is 2. The molecule has 0 fully saturated rings. The van der Waals surface area contributed by atoms with Crippen molar-refractivity contribution in [3.63, 3.8) is 0 Å². The molecule has 0 spiro atoms. The molecular weight excluding hydrogens is 333 g/mol. The van der Waals surface area contributed by atoms with Gasteiger partial charge in [0.2, 0.25) is 5.89 Å². The highest BCUT2D eigenvalue weighted by molar-refractivity contribution is 6.35. The highest BCUT2D eigenvalue weighted by Crippen LogP contribution is 2.25. The first-order valence-corrected chi connectivity index (χ1v) is 7.77. The zero-order valence-electron chi connectivity index (χ0n) is 11.9. The lowest BCUT2D eigenvalue weighted by molar-refractivity contribution is 0.619. The predicted molar refractivity (Wildman–Crippen MR) is 90.8 cm³/mol. The minimum atomic E-state index is 0.552. The number of benzene rings is 2. The standard InChI is InChI=1S/C17H11Cl2N3O/c18-13-6-5-11(14(19)7-13)9-22-10-12(8-20-22)17-21-15-3-1-2-4-16(15)23-17/h1-8,10H,9H2. The van der Waals surface area contributed by atoms with E-state index in [0.717, 1.165) is 22.2 Å². The van der Waals surface area contributed by atoms with Gasteiger partial charge in [0.05, 0.1) is 18.3 Å². The molecule has 0 aliphatic carbocycles. The first-order chi connectivity index (χ1) is 11.2. The van der Waals surface area contributed by atoms with Gasteiger partial charge >= 0.3 is 0 Å². The molecule has 0 unspecified atom stereocenters. The minimum absolute atomic E-state index is 0.552. The number of hydrogen-bond acceptors (Lipinski definition) is 3. The Balaban J connectivity index is 1.63. The van der Waals surface area contributed by atoms with E-state index in [-0.39, 0.29) is 0 Å². The summed E-state index contributed by atoms with van der Waals surface area (Å²) in [7, 11) is 0. The summed E-state index contributed by atoms with van der Waals surface area (Å²) in [6.45, 7) is 0.552. The fourth-order valence-corrected chi connectivity index (χ4v) is 2.85. The van der Waals surface area contributed by atoms with Crippen molar-refractivity contribution in [2.45, 2.75) is 6.54 Å². The number of hydrogen-bond donors (Lipinski definition) is 0. The van der Waals surface area contributed by atoms with Crippen molar-refractivity contribution in [1.29, 1.82) is 0 Å². The van der Waals surface area contributed by atoms with Crippen LogP contribution in [-0.2, 0) is 6.54 Å². The SMILES string of the molecule is Clc1ccc(Cn2cc(-c3nc4ccccc4o3)cn2)c(Cl)c1. The monoisotopic (exact) mass is 343 g/mol. The minimum Gasteiger partial charge on any atom is -0.436 e. The third kappa shape index (κ3) is 2.83. The molecule has 2 heterocycles. The largest absolute Gasteiger partial charge is 0.436 e. The van der Waals surface area contributed by atoms with E-state index < -0.39 is 0 Å². The van der Waals surface area contributed by atoms with Crippen molar-refractivity contribution in [2.75, 3.05) is 0 Å². The molecule has 0 saturated carbocycles. The van der Waals surface area contributed by atoms with Gasteiger partial charge < -0.3 is 4.42 Å². The van der Waals surface area contributed by atoms with Gasteiger partial charge in [0, 0.05) is 16.2 Å². The molecule has 0 bridgehead atoms. The Kier molecular flexibility index (Phi) is 3.56. The maximum absolute atomic E-state index is 6.20. The van der Waals surface area contributed by atoms with Gasteiger partial charge in [-0.3, -0.25) is 4.68 Å². The molecule has 0 saturated heterocycles. The van der Waals surface area contributed by atoms with Crippen LogP contribution in [0.15, 0.2) is 59.3 Å². The lowest BCUT2D eigenvalue weighted by Crippen LogP contribution is -2.00. The molecule has 2 aromatic carbocycles. The number of nitrogens with zero attached hydrogens (tertiary/aromatic N) is 3. The van der Waals surface area contributed by atoms with Crippen molar-refractivity contribution in [3.8, 4) is 11.5 Å². The Hall–Kier alpha value is -2.30. The third-order valence-electron chi connectivity index (χ3n) is 3.52. The van der Waals surface area contributed by atoms with Crippen LogP contribution in [0.4, 0.5) is 0 Å². The number of oxazole rings is 1. The van der Waals surface area contributed by atoms with E-state index in [1.165, 1.54) is 0 Å². The van der Waals surface area contributed by atoms with Crippen LogP contribution in [0.3, 0.4) is 0 Å². The van der Waals surface area contributed by atoms with Crippen molar-refractivity contribution in [1.82, 2.24) is 14.8 Å².